The van der Waals surface area contributed by atoms with E-state index >= 15 is 0 Å². The van der Waals surface area contributed by atoms with Crippen LogP contribution in [0.4, 0.5) is 0 Å². The van der Waals surface area contributed by atoms with E-state index in [2.05, 4.69) is 31.1 Å². The van der Waals surface area contributed by atoms with E-state index < -0.39 is 0 Å². The molecule has 0 aromatic carbocycles. The van der Waals surface area contributed by atoms with Gasteiger partial charge in [-0.25, -0.2) is 9.97 Å². The number of nitrogens with zero attached hydrogens (tertiary/aromatic N) is 2. The Morgan fingerprint density at radius 3 is 2.89 bits per heavy atom. The van der Waals surface area contributed by atoms with E-state index in [0.717, 1.165) is 44.1 Å². The molecule has 4 heteroatoms. The minimum atomic E-state index is 0.449. The fourth-order valence-electron chi connectivity index (χ4n) is 2.29. The van der Waals surface area contributed by atoms with Gasteiger partial charge in [-0.15, -0.1) is 0 Å². The van der Waals surface area contributed by atoms with Crippen molar-refractivity contribution in [3.05, 3.63) is 22.8 Å². The molecule has 0 amide bonds. The quantitative estimate of drug-likeness (QED) is 0.812. The summed E-state index contributed by atoms with van der Waals surface area (Å²) in [7, 11) is 0. The highest BCUT2D eigenvalue weighted by Crippen LogP contribution is 2.22. The summed E-state index contributed by atoms with van der Waals surface area (Å²) in [5.74, 6) is 1.28. The second-order valence-corrected chi connectivity index (χ2v) is 5.08. The van der Waals surface area contributed by atoms with Crippen LogP contribution >= 0.6 is 0 Å². The summed E-state index contributed by atoms with van der Waals surface area (Å²) in [6, 6.07) is 0. The number of hydrogen-bond donors (Lipinski definition) is 1. The van der Waals surface area contributed by atoms with Crippen LogP contribution in [0, 0.1) is 0 Å². The van der Waals surface area contributed by atoms with Gasteiger partial charge in [-0.1, -0.05) is 20.8 Å². The summed E-state index contributed by atoms with van der Waals surface area (Å²) in [4.78, 5) is 9.32. The molecule has 2 heterocycles. The van der Waals surface area contributed by atoms with E-state index in [1.807, 2.05) is 0 Å². The summed E-state index contributed by atoms with van der Waals surface area (Å²) in [5, 5.41) is 3.37. The average Bonchev–Trinajstić information content (AvgIpc) is 2.38. The number of nitrogens with one attached hydrogen (secondary N) is 1. The van der Waals surface area contributed by atoms with Crippen LogP contribution in [0.3, 0.4) is 0 Å². The first-order chi connectivity index (χ1) is 8.72. The molecule has 0 fully saturated rings. The predicted octanol–water partition coefficient (Wildman–Crippen LogP) is 2.17. The highest BCUT2D eigenvalue weighted by molar-refractivity contribution is 5.30. The molecule has 0 radical (unpaired) electrons. The van der Waals surface area contributed by atoms with E-state index in [1.165, 1.54) is 11.3 Å². The maximum Gasteiger partial charge on any atom is 0.154 e. The van der Waals surface area contributed by atoms with Crippen molar-refractivity contribution in [1.29, 1.82) is 0 Å². The van der Waals surface area contributed by atoms with Gasteiger partial charge in [0.15, 0.2) is 5.82 Å². The molecule has 1 aliphatic heterocycles. The summed E-state index contributed by atoms with van der Waals surface area (Å²) in [6.07, 6.45) is 2.07. The Morgan fingerprint density at radius 2 is 2.17 bits per heavy atom. The number of hydrogen-bond acceptors (Lipinski definition) is 4. The monoisotopic (exact) mass is 249 g/mol. The fraction of sp³-hybridized carbons (Fsp3) is 0.714. The molecule has 100 valence electrons. The smallest absolute Gasteiger partial charge is 0.154 e. The van der Waals surface area contributed by atoms with Gasteiger partial charge in [0.25, 0.3) is 0 Å². The van der Waals surface area contributed by atoms with Gasteiger partial charge < -0.3 is 10.1 Å². The molecule has 0 spiro atoms. The van der Waals surface area contributed by atoms with Gasteiger partial charge in [-0.3, -0.25) is 0 Å². The number of aromatic nitrogens is 2. The maximum atomic E-state index is 5.55. The molecule has 4 nitrogen and oxygen atoms in total. The Bertz CT molecular complexity index is 404. The third kappa shape index (κ3) is 3.06. The zero-order chi connectivity index (χ0) is 13.0. The second kappa shape index (κ2) is 6.25. The van der Waals surface area contributed by atoms with Crippen LogP contribution < -0.4 is 5.32 Å². The first-order valence-corrected chi connectivity index (χ1v) is 6.89. The lowest BCUT2D eigenvalue weighted by Crippen LogP contribution is -2.27. The minimum Gasteiger partial charge on any atom is -0.373 e. The summed E-state index contributed by atoms with van der Waals surface area (Å²) < 4.78 is 5.55. The molecule has 1 N–H and O–H groups in total. The van der Waals surface area contributed by atoms with Crippen LogP contribution in [0.2, 0.25) is 0 Å². The standard InChI is InChI=1S/C14H23N3O/c1-4-7-18-9-13-16-12-8-15-6-5-11(12)14(17-13)10(2)3/h10,15H,4-9H2,1-3H3. The highest BCUT2D eigenvalue weighted by Gasteiger charge is 2.19. The Labute approximate surface area is 109 Å². The lowest BCUT2D eigenvalue weighted by Gasteiger charge is -2.21. The molecule has 0 atom stereocenters. The lowest BCUT2D eigenvalue weighted by molar-refractivity contribution is 0.115. The maximum absolute atomic E-state index is 5.55. The number of fused-ring (bicyclic) bond motifs is 1. The van der Waals surface area contributed by atoms with Crippen LogP contribution in [-0.2, 0) is 24.3 Å². The molecule has 1 aliphatic rings. The zero-order valence-electron chi connectivity index (χ0n) is 11.6. The third-order valence-electron chi connectivity index (χ3n) is 3.14. The third-order valence-corrected chi connectivity index (χ3v) is 3.14. The first-order valence-electron chi connectivity index (χ1n) is 6.89. The normalized spacial score (nSPS) is 14.9. The number of ether oxygens (including phenoxy) is 1. The minimum absolute atomic E-state index is 0.449. The van der Waals surface area contributed by atoms with E-state index in [9.17, 15) is 0 Å². The molecule has 0 bridgehead atoms. The first kappa shape index (κ1) is 13.4. The molecule has 0 saturated heterocycles. The molecule has 0 unspecified atom stereocenters. The van der Waals surface area contributed by atoms with Crippen LogP contribution in [-0.4, -0.2) is 23.1 Å². The van der Waals surface area contributed by atoms with Crippen molar-refractivity contribution >= 4 is 0 Å². The summed E-state index contributed by atoms with van der Waals surface area (Å²) >= 11 is 0. The Balaban J connectivity index is 2.24. The van der Waals surface area contributed by atoms with Crippen LogP contribution in [0.5, 0.6) is 0 Å². The van der Waals surface area contributed by atoms with Crippen molar-refractivity contribution in [3.8, 4) is 0 Å². The fourth-order valence-corrected chi connectivity index (χ4v) is 2.29. The molecule has 1 aromatic rings. The van der Waals surface area contributed by atoms with E-state index in [1.54, 1.807) is 0 Å². The van der Waals surface area contributed by atoms with Crippen LogP contribution in [0.1, 0.15) is 55.9 Å². The van der Waals surface area contributed by atoms with Gasteiger partial charge in [0.2, 0.25) is 0 Å². The molecule has 0 aliphatic carbocycles. The number of rotatable bonds is 5. The SMILES string of the molecule is CCCOCc1nc2c(c(C(C)C)n1)CCNC2. The van der Waals surface area contributed by atoms with Crippen molar-refractivity contribution in [2.75, 3.05) is 13.2 Å². The van der Waals surface area contributed by atoms with E-state index in [4.69, 9.17) is 9.72 Å². The summed E-state index contributed by atoms with van der Waals surface area (Å²) in [6.45, 7) is 9.69. The zero-order valence-corrected chi connectivity index (χ0v) is 11.6. The van der Waals surface area contributed by atoms with E-state index in [-0.39, 0.29) is 0 Å². The van der Waals surface area contributed by atoms with Crippen molar-refractivity contribution < 1.29 is 4.74 Å². The largest absolute Gasteiger partial charge is 0.373 e. The van der Waals surface area contributed by atoms with Crippen LogP contribution in [0.25, 0.3) is 0 Å². The van der Waals surface area contributed by atoms with Gasteiger partial charge in [-0.05, 0) is 30.9 Å². The predicted molar refractivity (Wildman–Crippen MR) is 71.5 cm³/mol. The Hall–Kier alpha value is -1.00. The Morgan fingerprint density at radius 1 is 1.33 bits per heavy atom. The molecule has 1 aromatic heterocycles. The average molecular weight is 249 g/mol. The molecular weight excluding hydrogens is 226 g/mol. The van der Waals surface area contributed by atoms with Crippen LogP contribution in [0.15, 0.2) is 0 Å². The molecule has 2 rings (SSSR count). The second-order valence-electron chi connectivity index (χ2n) is 5.08. The topological polar surface area (TPSA) is 47.0 Å². The van der Waals surface area contributed by atoms with E-state index in [0.29, 0.717) is 12.5 Å². The van der Waals surface area contributed by atoms with Gasteiger partial charge in [0.05, 0.1) is 11.4 Å². The molecule has 18 heavy (non-hydrogen) atoms. The van der Waals surface area contributed by atoms with Gasteiger partial charge in [-0.2, -0.15) is 0 Å². The Kier molecular flexibility index (Phi) is 4.66. The molecular formula is C14H23N3O. The van der Waals surface area contributed by atoms with Gasteiger partial charge in [0.1, 0.15) is 6.61 Å². The lowest BCUT2D eigenvalue weighted by atomic mass is 9.97. The van der Waals surface area contributed by atoms with Gasteiger partial charge in [0, 0.05) is 13.2 Å². The van der Waals surface area contributed by atoms with Crippen molar-refractivity contribution in [1.82, 2.24) is 15.3 Å². The van der Waals surface area contributed by atoms with Crippen molar-refractivity contribution in [2.45, 2.75) is 52.7 Å². The van der Waals surface area contributed by atoms with Crippen molar-refractivity contribution in [2.24, 2.45) is 0 Å². The highest BCUT2D eigenvalue weighted by atomic mass is 16.5. The van der Waals surface area contributed by atoms with Crippen molar-refractivity contribution in [3.63, 3.8) is 0 Å². The molecule has 0 saturated carbocycles. The summed E-state index contributed by atoms with van der Waals surface area (Å²) in [5.41, 5.74) is 3.72. The van der Waals surface area contributed by atoms with Gasteiger partial charge >= 0.3 is 0 Å².